The molecule has 0 amide bonds. The van der Waals surface area contributed by atoms with Crippen LogP contribution in [0.1, 0.15) is 548 Å². The molecule has 0 radical (unpaired) electrons. The summed E-state index contributed by atoms with van der Waals surface area (Å²) in [6.45, 7) is 41.0. The average molecular weight is 2100 g/mol. The van der Waals surface area contributed by atoms with E-state index < -0.39 is 62.4 Å². The fraction of sp³-hybridized carbons (Fsp3) is 1.00. The highest BCUT2D eigenvalue weighted by Crippen LogP contribution is 2.28. The third kappa shape index (κ3) is 119. The van der Waals surface area contributed by atoms with Crippen LogP contribution in [0.4, 0.5) is 0 Å². The van der Waals surface area contributed by atoms with Crippen molar-refractivity contribution >= 4 is 62.4 Å². The molecule has 30 heteroatoms. The van der Waals surface area contributed by atoms with Crippen molar-refractivity contribution in [3.8, 4) is 0 Å². The molecule has 12 atom stereocenters. The van der Waals surface area contributed by atoms with Gasteiger partial charge in [0.05, 0.1) is 82.3 Å². The van der Waals surface area contributed by atoms with Crippen molar-refractivity contribution in [1.29, 1.82) is 0 Å². The van der Waals surface area contributed by atoms with Gasteiger partial charge in [-0.3, -0.25) is 25.1 Å². The molecule has 0 aromatic heterocycles. The highest BCUT2D eigenvalue weighted by molar-refractivity contribution is 7.83. The minimum atomic E-state index is -3.78. The first-order chi connectivity index (χ1) is 65.5. The summed E-state index contributed by atoms with van der Waals surface area (Å²) in [7, 11) is -16.0. The summed E-state index contributed by atoms with van der Waals surface area (Å²) < 4.78 is 187. The Bertz CT molecular complexity index is 3210. The summed E-state index contributed by atoms with van der Waals surface area (Å²) in [6, 6.07) is 0. The molecular weight excluding hydrogens is 1870 g/mol. The van der Waals surface area contributed by atoms with Gasteiger partial charge in [0.1, 0.15) is 0 Å². The van der Waals surface area contributed by atoms with Gasteiger partial charge < -0.3 is 0 Å². The second kappa shape index (κ2) is 103. The molecule has 0 saturated carbocycles. The molecular formula is C108H228O24S6. The number of hydrogen-bond donors (Lipinski definition) is 0. The molecule has 0 fully saturated rings. The molecule has 0 rings (SSSR count). The Labute approximate surface area is 858 Å². The first-order valence-corrected chi connectivity index (χ1v) is 64.2. The van der Waals surface area contributed by atoms with Crippen molar-refractivity contribution < 1.29 is 101 Å². The molecule has 0 aromatic rings. The normalized spacial score (nSPS) is 14.8. The van der Waals surface area contributed by atoms with Crippen LogP contribution in [-0.2, 0) is 113 Å². The molecule has 12 unspecified atom stereocenters. The van der Waals surface area contributed by atoms with Gasteiger partial charge in [-0.05, 0) is 110 Å². The van der Waals surface area contributed by atoms with Crippen LogP contribution in [0.2, 0.25) is 0 Å². The van der Waals surface area contributed by atoms with E-state index in [-0.39, 0.29) is 75.1 Å². The van der Waals surface area contributed by atoms with Crippen LogP contribution in [0.5, 0.6) is 0 Å². The monoisotopic (exact) mass is 2100 g/mol. The van der Waals surface area contributed by atoms with E-state index in [1.807, 2.05) is 41.5 Å². The minimum Gasteiger partial charge on any atom is -0.252 e. The average Bonchev–Trinajstić information content (AvgIpc) is 0.957. The molecule has 0 saturated heterocycles. The Hall–Kier alpha value is -0.780. The number of hydrogen-bond acceptors (Lipinski definition) is 24. The third-order valence-corrected chi connectivity index (χ3v) is 31.4. The topological polar surface area (TPSA) is 316 Å². The summed E-state index contributed by atoms with van der Waals surface area (Å²) in [5, 5.41) is 0. The summed E-state index contributed by atoms with van der Waals surface area (Å²) in [4.78, 5) is 0. The van der Waals surface area contributed by atoms with E-state index >= 15 is 0 Å². The fourth-order valence-electron chi connectivity index (χ4n) is 16.3. The maximum absolute atomic E-state index is 11.1. The van der Waals surface area contributed by atoms with E-state index in [2.05, 4.69) is 108 Å². The van der Waals surface area contributed by atoms with Crippen LogP contribution in [0.25, 0.3) is 0 Å². The minimum absolute atomic E-state index is 0.209. The molecule has 0 bridgehead atoms. The van der Waals surface area contributed by atoms with Crippen molar-refractivity contribution in [2.45, 2.75) is 548 Å². The quantitative estimate of drug-likeness (QED) is 0.0511. The van der Waals surface area contributed by atoms with Gasteiger partial charge in [-0.15, -0.1) is 0 Å². The molecule has 24 nitrogen and oxygen atoms in total. The lowest BCUT2D eigenvalue weighted by Gasteiger charge is -2.15. The second-order valence-electron chi connectivity index (χ2n) is 41.5. The van der Waals surface area contributed by atoms with Gasteiger partial charge in [0, 0.05) is 0 Å². The predicted molar refractivity (Wildman–Crippen MR) is 580 cm³/mol. The van der Waals surface area contributed by atoms with Crippen LogP contribution >= 0.6 is 0 Å². The highest BCUT2D eigenvalue weighted by Gasteiger charge is 2.20. The standard InChI is InChI=1S/6C18H38O4S/c1-5-6-10-13-17(2)14-11-8-7-9-12-15-18(3)16-22-23(19,20)21-4;1-5-6-7-10-13-17(2)14-11-8-9-12-15-18(3)16-22-23(19,20)21-4;1-5-6-7-8-10-13-17(2)14-11-9-12-15-18(3)16-22-23(19,20)21-4;1-5-6-7-8-9-10-13-17(2)14-11-12-15-18(3)16-22-23(19,20)21-4;1-5-6-7-8-9-10-11-13-17(2)14-12-15-18(3)16-22-23(19,20)21-4;1-5-6-7-8-9-10-11-12-13-17(2)14-15-18(3)16-22-23(19,20)21-4/h6*17-18H,5-16H2,1-4H3. The lowest BCUT2D eigenvalue weighted by atomic mass is 9.94. The van der Waals surface area contributed by atoms with Gasteiger partial charge in [0.2, 0.25) is 0 Å². The molecule has 0 spiro atoms. The first-order valence-electron chi connectivity index (χ1n) is 56.2. The SMILES string of the molecule is CCCCCC(C)CCCCCCCC(C)COS(=O)(=O)OC.CCCCCCC(C)CCCCCCC(C)COS(=O)(=O)OC.CCCCCCCC(C)CCCCCC(C)COS(=O)(=O)OC.CCCCCCCCC(C)CCCCC(C)COS(=O)(=O)OC.CCCCCCCCCC(C)CCCC(C)COS(=O)(=O)OC.CCCCCCCCCCC(C)CCC(C)COS(=O)(=O)OC. The van der Waals surface area contributed by atoms with Crippen molar-refractivity contribution in [3.63, 3.8) is 0 Å². The molecule has 138 heavy (non-hydrogen) atoms. The fourth-order valence-corrected chi connectivity index (χ4v) is 19.3. The van der Waals surface area contributed by atoms with E-state index in [0.717, 1.165) is 149 Å². The Balaban J connectivity index is -0.000000379. The molecule has 840 valence electrons. The van der Waals surface area contributed by atoms with Gasteiger partial charge in [-0.25, -0.2) is 25.1 Å². The van der Waals surface area contributed by atoms with Crippen LogP contribution < -0.4 is 0 Å². The highest BCUT2D eigenvalue weighted by atomic mass is 32.3. The maximum Gasteiger partial charge on any atom is 0.399 e. The van der Waals surface area contributed by atoms with Gasteiger partial charge in [0.25, 0.3) is 0 Å². The first kappa shape index (κ1) is 148. The van der Waals surface area contributed by atoms with Crippen LogP contribution in [0, 0.1) is 71.0 Å². The Morgan fingerprint density at radius 3 is 0.399 bits per heavy atom. The zero-order valence-corrected chi connectivity index (χ0v) is 99.0. The predicted octanol–water partition coefficient (Wildman–Crippen LogP) is 32.9. The van der Waals surface area contributed by atoms with Crippen molar-refractivity contribution in [2.24, 2.45) is 71.0 Å². The van der Waals surface area contributed by atoms with Gasteiger partial charge >= 0.3 is 62.4 Å². The molecule has 0 N–H and O–H groups in total. The maximum atomic E-state index is 11.1. The van der Waals surface area contributed by atoms with Crippen LogP contribution in [0.15, 0.2) is 0 Å². The van der Waals surface area contributed by atoms with Crippen molar-refractivity contribution in [1.82, 2.24) is 0 Å². The Kier molecular flexibility index (Phi) is 111. The van der Waals surface area contributed by atoms with Gasteiger partial charge in [-0.2, -0.15) is 50.5 Å². The lowest BCUT2D eigenvalue weighted by molar-refractivity contribution is 0.203. The molecule has 0 aliphatic rings. The Morgan fingerprint density at radius 1 is 0.130 bits per heavy atom. The molecule has 0 aromatic carbocycles. The zero-order chi connectivity index (χ0) is 105. The van der Waals surface area contributed by atoms with Gasteiger partial charge in [-0.1, -0.05) is 510 Å². The summed E-state index contributed by atoms with van der Waals surface area (Å²) in [6.07, 6.45) is 85.3. The van der Waals surface area contributed by atoms with Crippen molar-refractivity contribution in [3.05, 3.63) is 0 Å². The number of rotatable bonds is 96. The van der Waals surface area contributed by atoms with Crippen LogP contribution in [-0.4, -0.2) is 133 Å². The van der Waals surface area contributed by atoms with Gasteiger partial charge in [0.15, 0.2) is 0 Å². The van der Waals surface area contributed by atoms with Crippen molar-refractivity contribution in [2.75, 3.05) is 82.3 Å². The smallest absolute Gasteiger partial charge is 0.252 e. The van der Waals surface area contributed by atoms with Crippen LogP contribution in [0.3, 0.4) is 0 Å². The van der Waals surface area contributed by atoms with E-state index in [4.69, 9.17) is 25.1 Å². The number of unbranched alkanes of at least 4 members (excludes halogenated alkanes) is 37. The van der Waals surface area contributed by atoms with E-state index in [1.54, 1.807) is 0 Å². The Morgan fingerprint density at radius 2 is 0.225 bits per heavy atom. The summed E-state index contributed by atoms with van der Waals surface area (Å²) in [5.74, 6) is 6.32. The molecule has 0 heterocycles. The largest absolute Gasteiger partial charge is 0.399 e. The summed E-state index contributed by atoms with van der Waals surface area (Å²) in [5.41, 5.74) is 0. The lowest BCUT2D eigenvalue weighted by Crippen LogP contribution is -2.14. The molecule has 0 aliphatic carbocycles. The zero-order valence-electron chi connectivity index (χ0n) is 94.1. The van der Waals surface area contributed by atoms with E-state index in [9.17, 15) is 50.5 Å². The second-order valence-corrected chi connectivity index (χ2v) is 49.8. The summed E-state index contributed by atoms with van der Waals surface area (Å²) >= 11 is 0. The molecule has 0 aliphatic heterocycles. The third-order valence-electron chi connectivity index (χ3n) is 26.4. The van der Waals surface area contributed by atoms with E-state index in [0.29, 0.717) is 5.92 Å². The van der Waals surface area contributed by atoms with E-state index in [1.165, 1.54) is 347 Å².